The highest BCUT2D eigenvalue weighted by Crippen LogP contribution is 2.33. The zero-order valence-corrected chi connectivity index (χ0v) is 9.14. The van der Waals surface area contributed by atoms with Crippen LogP contribution in [0.1, 0.15) is 11.7 Å². The first kappa shape index (κ1) is 12.5. The Morgan fingerprint density at radius 2 is 2.12 bits per heavy atom. The number of rotatable bonds is 3. The molecule has 1 unspecified atom stereocenters. The van der Waals surface area contributed by atoms with E-state index in [2.05, 4.69) is 15.9 Å². The van der Waals surface area contributed by atoms with Crippen molar-refractivity contribution in [1.82, 2.24) is 0 Å². The van der Waals surface area contributed by atoms with Crippen LogP contribution in [0.25, 0.3) is 0 Å². The van der Waals surface area contributed by atoms with Crippen molar-refractivity contribution in [2.24, 2.45) is 0 Å². The molecule has 6 nitrogen and oxygen atoms in total. The molecule has 1 rings (SSSR count). The third-order valence-electron chi connectivity index (χ3n) is 1.78. The number of benzene rings is 1. The van der Waals surface area contributed by atoms with Gasteiger partial charge in [0.25, 0.3) is 5.69 Å². The van der Waals surface area contributed by atoms with Crippen LogP contribution >= 0.6 is 15.9 Å². The SMILES string of the molecule is O=C(O)C(O)c1c(Br)cc(F)cc1[N+](=O)[O-]. The lowest BCUT2D eigenvalue weighted by atomic mass is 10.1. The molecule has 0 aromatic heterocycles. The van der Waals surface area contributed by atoms with Gasteiger partial charge in [0.2, 0.25) is 0 Å². The van der Waals surface area contributed by atoms with Crippen molar-refractivity contribution < 1.29 is 24.3 Å². The molecule has 1 aromatic rings. The normalized spacial score (nSPS) is 12.2. The van der Waals surface area contributed by atoms with Crippen molar-refractivity contribution >= 4 is 27.6 Å². The zero-order chi connectivity index (χ0) is 12.5. The minimum absolute atomic E-state index is 0.172. The second-order valence-corrected chi connectivity index (χ2v) is 3.67. The van der Waals surface area contributed by atoms with Gasteiger partial charge >= 0.3 is 5.97 Å². The Hall–Kier alpha value is -1.54. The molecule has 1 aromatic carbocycles. The van der Waals surface area contributed by atoms with Crippen LogP contribution in [0.15, 0.2) is 16.6 Å². The molecule has 0 fully saturated rings. The van der Waals surface area contributed by atoms with Crippen molar-refractivity contribution in [2.45, 2.75) is 6.10 Å². The van der Waals surface area contributed by atoms with E-state index in [9.17, 15) is 24.4 Å². The van der Waals surface area contributed by atoms with Crippen LogP contribution in [0, 0.1) is 15.9 Å². The number of aliphatic carboxylic acids is 1. The first-order valence-corrected chi connectivity index (χ1v) is 4.68. The quantitative estimate of drug-likeness (QED) is 0.651. The number of nitrogens with zero attached hydrogens (tertiary/aromatic N) is 1. The molecular formula is C8H5BrFNO5. The van der Waals surface area contributed by atoms with Crippen molar-refractivity contribution in [3.8, 4) is 0 Å². The van der Waals surface area contributed by atoms with E-state index in [4.69, 9.17) is 5.11 Å². The summed E-state index contributed by atoms with van der Waals surface area (Å²) in [5, 5.41) is 28.4. The molecule has 0 aliphatic carbocycles. The van der Waals surface area contributed by atoms with Crippen LogP contribution < -0.4 is 0 Å². The van der Waals surface area contributed by atoms with Gasteiger partial charge in [-0.15, -0.1) is 0 Å². The molecule has 1 atom stereocenters. The van der Waals surface area contributed by atoms with E-state index < -0.39 is 34.1 Å². The highest BCUT2D eigenvalue weighted by molar-refractivity contribution is 9.10. The third kappa shape index (κ3) is 2.34. The Morgan fingerprint density at radius 1 is 1.56 bits per heavy atom. The largest absolute Gasteiger partial charge is 0.479 e. The van der Waals surface area contributed by atoms with Crippen LogP contribution in [0.3, 0.4) is 0 Å². The Bertz CT molecular complexity index is 464. The molecule has 0 amide bonds. The molecule has 86 valence electrons. The lowest BCUT2D eigenvalue weighted by Gasteiger charge is -2.08. The molecule has 2 N–H and O–H groups in total. The van der Waals surface area contributed by atoms with E-state index in [-0.39, 0.29) is 4.47 Å². The molecular weight excluding hydrogens is 289 g/mol. The van der Waals surface area contributed by atoms with Gasteiger partial charge in [0.05, 0.1) is 16.6 Å². The van der Waals surface area contributed by atoms with Gasteiger partial charge in [-0.1, -0.05) is 15.9 Å². The lowest BCUT2D eigenvalue weighted by molar-refractivity contribution is -0.386. The summed E-state index contributed by atoms with van der Waals surface area (Å²) in [5.41, 5.74) is -1.28. The summed E-state index contributed by atoms with van der Waals surface area (Å²) in [6.45, 7) is 0. The van der Waals surface area contributed by atoms with Crippen molar-refractivity contribution in [3.63, 3.8) is 0 Å². The van der Waals surface area contributed by atoms with Gasteiger partial charge in [-0.25, -0.2) is 9.18 Å². The van der Waals surface area contributed by atoms with Gasteiger partial charge in [-0.05, 0) is 6.07 Å². The van der Waals surface area contributed by atoms with Gasteiger partial charge in [0.1, 0.15) is 5.82 Å². The summed E-state index contributed by atoms with van der Waals surface area (Å²) in [6, 6.07) is 1.39. The average Bonchev–Trinajstić information content (AvgIpc) is 2.15. The molecule has 0 radical (unpaired) electrons. The van der Waals surface area contributed by atoms with E-state index in [0.717, 1.165) is 6.07 Å². The molecule has 8 heteroatoms. The molecule has 0 bridgehead atoms. The first-order chi connectivity index (χ1) is 7.34. The van der Waals surface area contributed by atoms with Crippen LogP contribution in [0.5, 0.6) is 0 Å². The van der Waals surface area contributed by atoms with Crippen LogP contribution in [0.4, 0.5) is 10.1 Å². The number of aliphatic hydroxyl groups is 1. The number of halogens is 2. The molecule has 0 saturated carbocycles. The fourth-order valence-corrected chi connectivity index (χ4v) is 1.76. The summed E-state index contributed by atoms with van der Waals surface area (Å²) >= 11 is 2.77. The highest BCUT2D eigenvalue weighted by Gasteiger charge is 2.29. The predicted molar refractivity (Wildman–Crippen MR) is 53.4 cm³/mol. The topological polar surface area (TPSA) is 101 Å². The Morgan fingerprint density at radius 3 is 2.56 bits per heavy atom. The Balaban J connectivity index is 3.46. The van der Waals surface area contributed by atoms with E-state index >= 15 is 0 Å². The van der Waals surface area contributed by atoms with Crippen LogP contribution in [-0.4, -0.2) is 21.1 Å². The number of hydrogen-bond donors (Lipinski definition) is 2. The van der Waals surface area contributed by atoms with Gasteiger partial charge in [-0.3, -0.25) is 10.1 Å². The smallest absolute Gasteiger partial charge is 0.337 e. The van der Waals surface area contributed by atoms with Crippen molar-refractivity contribution in [1.29, 1.82) is 0 Å². The first-order valence-electron chi connectivity index (χ1n) is 3.88. The predicted octanol–water partition coefficient (Wildman–Crippen LogP) is 1.61. The fraction of sp³-hybridized carbons (Fsp3) is 0.125. The Kier molecular flexibility index (Phi) is 3.55. The van der Waals surface area contributed by atoms with E-state index in [1.165, 1.54) is 0 Å². The lowest BCUT2D eigenvalue weighted by Crippen LogP contribution is -2.13. The molecule has 16 heavy (non-hydrogen) atoms. The summed E-state index contributed by atoms with van der Waals surface area (Å²) in [4.78, 5) is 20.1. The second kappa shape index (κ2) is 4.54. The monoisotopic (exact) mass is 293 g/mol. The standard InChI is InChI=1S/C8H5BrFNO5/c9-4-1-3(10)2-5(11(15)16)6(4)7(12)8(13)14/h1-2,7,12H,(H,13,14). The Labute approximate surface area is 96.6 Å². The van der Waals surface area contributed by atoms with Crippen molar-refractivity contribution in [3.05, 3.63) is 38.1 Å². The third-order valence-corrected chi connectivity index (χ3v) is 2.43. The molecule has 0 heterocycles. The van der Waals surface area contributed by atoms with Gasteiger partial charge in [0.15, 0.2) is 6.10 Å². The summed E-state index contributed by atoms with van der Waals surface area (Å²) in [5.74, 6) is -2.56. The van der Waals surface area contributed by atoms with E-state index in [0.29, 0.717) is 6.07 Å². The zero-order valence-electron chi connectivity index (χ0n) is 7.55. The molecule has 0 aliphatic heterocycles. The molecule has 0 spiro atoms. The van der Waals surface area contributed by atoms with Crippen LogP contribution in [0.2, 0.25) is 0 Å². The number of carboxylic acid groups (broad SMARTS) is 1. The van der Waals surface area contributed by atoms with E-state index in [1.807, 2.05) is 0 Å². The summed E-state index contributed by atoms with van der Waals surface area (Å²) in [6.07, 6.45) is -2.09. The average molecular weight is 294 g/mol. The number of carboxylic acids is 1. The van der Waals surface area contributed by atoms with Crippen molar-refractivity contribution in [2.75, 3.05) is 0 Å². The van der Waals surface area contributed by atoms with Gasteiger partial charge in [-0.2, -0.15) is 0 Å². The van der Waals surface area contributed by atoms with E-state index in [1.54, 1.807) is 0 Å². The maximum atomic E-state index is 12.9. The molecule has 0 saturated heterocycles. The minimum Gasteiger partial charge on any atom is -0.479 e. The number of hydrogen-bond acceptors (Lipinski definition) is 4. The van der Waals surface area contributed by atoms with Crippen LogP contribution in [-0.2, 0) is 4.79 Å². The number of carbonyl (C=O) groups is 1. The van der Waals surface area contributed by atoms with Gasteiger partial charge in [0, 0.05) is 4.47 Å². The minimum atomic E-state index is -2.09. The maximum Gasteiger partial charge on any atom is 0.337 e. The van der Waals surface area contributed by atoms with Gasteiger partial charge < -0.3 is 10.2 Å². The number of nitro benzene ring substituents is 1. The molecule has 0 aliphatic rings. The number of nitro groups is 1. The maximum absolute atomic E-state index is 12.9. The number of aliphatic hydroxyl groups excluding tert-OH is 1. The second-order valence-electron chi connectivity index (χ2n) is 2.82. The summed E-state index contributed by atoms with van der Waals surface area (Å²) < 4.78 is 12.7. The fourth-order valence-electron chi connectivity index (χ4n) is 1.12. The summed E-state index contributed by atoms with van der Waals surface area (Å²) in [7, 11) is 0. The highest BCUT2D eigenvalue weighted by atomic mass is 79.9.